The molecule has 396 valence electrons. The molecule has 1 aliphatic carbocycles. The lowest BCUT2D eigenvalue weighted by Gasteiger charge is -2.52. The van der Waals surface area contributed by atoms with Gasteiger partial charge in [-0.05, 0) is 101 Å². The van der Waals surface area contributed by atoms with Crippen molar-refractivity contribution in [2.24, 2.45) is 11.7 Å². The number of amides is 5. The molecule has 0 spiro atoms. The van der Waals surface area contributed by atoms with E-state index in [9.17, 15) is 49.5 Å². The van der Waals surface area contributed by atoms with Crippen molar-refractivity contribution in [1.82, 2.24) is 31.5 Å². The Morgan fingerprint density at radius 2 is 1.49 bits per heavy atom. The van der Waals surface area contributed by atoms with Gasteiger partial charge in [-0.2, -0.15) is 0 Å². The van der Waals surface area contributed by atoms with Crippen molar-refractivity contribution in [2.45, 2.75) is 185 Å². The van der Waals surface area contributed by atoms with Crippen molar-refractivity contribution >= 4 is 30.3 Å². The molecule has 3 rings (SSSR count). The molecule has 2 heterocycles. The number of hydrogen-bond donors (Lipinski definition) is 11. The van der Waals surface area contributed by atoms with E-state index >= 15 is 0 Å². The lowest BCUT2D eigenvalue weighted by atomic mass is 9.72. The van der Waals surface area contributed by atoms with Crippen LogP contribution in [-0.2, 0) is 38.0 Å². The summed E-state index contributed by atoms with van der Waals surface area (Å²) in [5, 5.41) is 71.7. The molecule has 5 amide bonds. The molecule has 2 unspecified atom stereocenters. The van der Waals surface area contributed by atoms with Crippen LogP contribution in [0.4, 0.5) is 19.2 Å². The first-order valence-corrected chi connectivity index (χ1v) is 23.1. The number of carbonyl (C=O) groups is 5. The summed E-state index contributed by atoms with van der Waals surface area (Å²) in [7, 11) is 1.32. The molecule has 69 heavy (non-hydrogen) atoms. The Balaban J connectivity index is 2.09. The van der Waals surface area contributed by atoms with Gasteiger partial charge in [0.2, 0.25) is 5.91 Å². The van der Waals surface area contributed by atoms with Gasteiger partial charge in [0.25, 0.3) is 0 Å². The first kappa shape index (κ1) is 58.8. The number of nitrogens with two attached hydrogens (primary N) is 1. The van der Waals surface area contributed by atoms with Gasteiger partial charge in [0, 0.05) is 44.7 Å². The summed E-state index contributed by atoms with van der Waals surface area (Å²) < 4.78 is 40.0. The van der Waals surface area contributed by atoms with Crippen LogP contribution in [0.15, 0.2) is 24.2 Å². The molecular weight excluding hydrogens is 911 g/mol. The lowest BCUT2D eigenvalue weighted by Crippen LogP contribution is -2.71. The number of likely N-dealkylation sites (N-methyl/N-ethyl adjacent to an activating group) is 1. The summed E-state index contributed by atoms with van der Waals surface area (Å²) in [4.78, 5) is 66.1. The zero-order chi connectivity index (χ0) is 52.4. The fraction of sp³-hybridized carbons (Fsp3) is 0.800. The zero-order valence-corrected chi connectivity index (χ0v) is 42.0. The molecule has 0 aromatic rings. The smallest absolute Gasteiger partial charge is 0.412 e. The summed E-state index contributed by atoms with van der Waals surface area (Å²) >= 11 is 0. The van der Waals surface area contributed by atoms with Crippen molar-refractivity contribution in [3.8, 4) is 0 Å². The summed E-state index contributed by atoms with van der Waals surface area (Å²) in [6.07, 6.45) is -12.8. The number of nitrogens with one attached hydrogen (secondary N) is 5. The Morgan fingerprint density at radius 1 is 0.884 bits per heavy atom. The third-order valence-corrected chi connectivity index (χ3v) is 10.9. The number of nitrogens with zero attached hydrogens (tertiary/aromatic N) is 1. The Bertz CT molecular complexity index is 1800. The predicted octanol–water partition coefficient (Wildman–Crippen LogP) is 0.320. The molecule has 24 nitrogen and oxygen atoms in total. The highest BCUT2D eigenvalue weighted by molar-refractivity contribution is 5.81. The van der Waals surface area contributed by atoms with Crippen LogP contribution >= 0.6 is 0 Å². The normalized spacial score (nSPS) is 29.4. The summed E-state index contributed by atoms with van der Waals surface area (Å²) in [5.41, 5.74) is 1.45. The number of aliphatic hydroxyl groups excluding tert-OH is 4. The highest BCUT2D eigenvalue weighted by atomic mass is 16.7. The third-order valence-electron chi connectivity index (χ3n) is 10.9. The Hall–Kier alpha value is -4.53. The number of carbonyl (C=O) groups excluding carboxylic acids is 5. The molecule has 1 saturated heterocycles. The van der Waals surface area contributed by atoms with Crippen LogP contribution in [0.3, 0.4) is 0 Å². The maximum atomic E-state index is 13.8. The third kappa shape index (κ3) is 18.6. The highest BCUT2D eigenvalue weighted by Crippen LogP contribution is 2.39. The van der Waals surface area contributed by atoms with E-state index in [4.69, 9.17) is 38.9 Å². The van der Waals surface area contributed by atoms with Gasteiger partial charge in [0.05, 0.1) is 43.2 Å². The van der Waals surface area contributed by atoms with E-state index in [1.54, 1.807) is 68.4 Å². The maximum absolute atomic E-state index is 13.8. The van der Waals surface area contributed by atoms with Gasteiger partial charge in [-0.1, -0.05) is 6.58 Å². The van der Waals surface area contributed by atoms with Crippen molar-refractivity contribution in [1.29, 1.82) is 0 Å². The first-order valence-electron chi connectivity index (χ1n) is 23.1. The molecule has 0 aromatic heterocycles. The van der Waals surface area contributed by atoms with Crippen LogP contribution in [0, 0.1) is 5.92 Å². The predicted molar refractivity (Wildman–Crippen MR) is 247 cm³/mol. The Kier molecular flexibility index (Phi) is 20.9. The van der Waals surface area contributed by atoms with Gasteiger partial charge in [-0.25, -0.2) is 19.2 Å². The highest BCUT2D eigenvalue weighted by Gasteiger charge is 2.56. The van der Waals surface area contributed by atoms with E-state index < -0.39 is 132 Å². The van der Waals surface area contributed by atoms with Crippen LogP contribution < -0.4 is 32.3 Å². The average Bonchev–Trinajstić information content (AvgIpc) is 3.19. The Morgan fingerprint density at radius 3 is 2.07 bits per heavy atom. The molecule has 13 atom stereocenters. The van der Waals surface area contributed by atoms with E-state index in [1.165, 1.54) is 20.9 Å². The van der Waals surface area contributed by atoms with E-state index in [0.29, 0.717) is 5.76 Å². The number of alkyl carbamates (subject to hydrolysis) is 3. The largest absolute Gasteiger partial charge is 0.492 e. The second kappa shape index (κ2) is 24.5. The van der Waals surface area contributed by atoms with Crippen molar-refractivity contribution in [3.63, 3.8) is 0 Å². The van der Waals surface area contributed by atoms with Gasteiger partial charge in [-0.15, -0.1) is 0 Å². The van der Waals surface area contributed by atoms with Gasteiger partial charge >= 0.3 is 24.4 Å². The Labute approximate surface area is 404 Å². The monoisotopic (exact) mass is 990 g/mol. The molecule has 0 bridgehead atoms. The number of hydrogen-bond acceptors (Lipinski definition) is 19. The molecule has 0 radical (unpaired) electrons. The van der Waals surface area contributed by atoms with Crippen molar-refractivity contribution in [2.75, 3.05) is 39.8 Å². The maximum Gasteiger partial charge on any atom is 0.412 e. The number of ether oxygens (including phenoxy) is 7. The minimum atomic E-state index is -1.86. The molecule has 0 aromatic carbocycles. The zero-order valence-electron chi connectivity index (χ0n) is 42.0. The SMILES string of the molecule is C=C(C)OC(=O)NCC(O)CN[C@@H]1CC=C(CN)OC1[C@H]1[C@H](O)[C@@H](O[C@H]2OC[C@](C)(O)[C@H](N(C)C(=O)OC(C)(C)C)[C@H]2O)[C@H](NC(=O)[C@@H](O)CCNC(=O)OC(C)(C)C)C[C@@H]1NC(=O)OC(C)(C)C. The van der Waals surface area contributed by atoms with E-state index in [1.807, 2.05) is 0 Å². The molecule has 24 heteroatoms. The molecule has 3 aliphatic rings. The number of rotatable bonds is 17. The summed E-state index contributed by atoms with van der Waals surface area (Å²) in [5.74, 6) is -1.68. The summed E-state index contributed by atoms with van der Waals surface area (Å²) in [6, 6.07) is -4.56. The van der Waals surface area contributed by atoms with Crippen LogP contribution in [-0.4, -0.2) is 190 Å². The van der Waals surface area contributed by atoms with Gasteiger partial charge in [-0.3, -0.25) is 4.79 Å². The van der Waals surface area contributed by atoms with E-state index in [0.717, 1.165) is 4.90 Å². The molecular formula is C45H79N7O17. The fourth-order valence-electron chi connectivity index (χ4n) is 8.10. The average molecular weight is 990 g/mol. The lowest BCUT2D eigenvalue weighted by molar-refractivity contribution is -0.305. The van der Waals surface area contributed by atoms with E-state index in [-0.39, 0.29) is 51.2 Å². The van der Waals surface area contributed by atoms with Gasteiger partial charge < -0.3 is 95.9 Å². The van der Waals surface area contributed by atoms with Gasteiger partial charge in [0.1, 0.15) is 52.6 Å². The minimum Gasteiger partial charge on any atom is -0.492 e. The molecule has 2 fully saturated rings. The quantitative estimate of drug-likeness (QED) is 0.0690. The minimum absolute atomic E-state index is 0.0680. The van der Waals surface area contributed by atoms with Crippen LogP contribution in [0.25, 0.3) is 0 Å². The standard InChI is InChI=1S/C45H79N7O17/c1-23(2)64-38(58)49-21-24(53)20-48-26-15-14-25(19-46)65-33(26)30-27(51-40(60)68-43(6,7)8)18-28(50-36(57)29(54)16-17-47-39(59)67-42(3,4)5)34(31(30)55)66-37-32(56)35(45(12,62)22-63-37)52(13)41(61)69-44(9,10)11/h14,24,26-35,37,48,53-56,62H,1,15-22,46H2,2-13H3,(H,47,59)(H,49,58)(H,50,57)(H,51,60)/t24?,26-,27+,28-,29+,30-,31+,32-,33?,34+,35-,37-,45+/m1/s1. The second-order valence-electron chi connectivity index (χ2n) is 20.9. The second-order valence-corrected chi connectivity index (χ2v) is 20.9. The van der Waals surface area contributed by atoms with Crippen LogP contribution in [0.5, 0.6) is 0 Å². The molecule has 12 N–H and O–H groups in total. The van der Waals surface area contributed by atoms with Crippen LogP contribution in [0.1, 0.15) is 95.4 Å². The van der Waals surface area contributed by atoms with Gasteiger partial charge in [0.15, 0.2) is 6.29 Å². The fourth-order valence-corrected chi connectivity index (χ4v) is 8.10. The van der Waals surface area contributed by atoms with Crippen LogP contribution in [0.2, 0.25) is 0 Å². The van der Waals surface area contributed by atoms with Crippen molar-refractivity contribution in [3.05, 3.63) is 24.2 Å². The van der Waals surface area contributed by atoms with E-state index in [2.05, 4.69) is 33.2 Å². The van der Waals surface area contributed by atoms with Crippen molar-refractivity contribution < 1.29 is 82.7 Å². The number of aliphatic hydroxyl groups is 5. The summed E-state index contributed by atoms with van der Waals surface area (Å²) in [6.45, 7) is 20.1. The molecule has 2 aliphatic heterocycles. The topological polar surface area (TPSA) is 341 Å². The molecule has 1 saturated carbocycles. The first-order chi connectivity index (χ1) is 31.7. The number of allylic oxidation sites excluding steroid dienone is 1.